The van der Waals surface area contributed by atoms with Gasteiger partial charge < -0.3 is 0 Å². The van der Waals surface area contributed by atoms with Gasteiger partial charge in [0.05, 0.1) is 11.0 Å². The molecule has 11 nitrogen and oxygen atoms in total. The van der Waals surface area contributed by atoms with E-state index in [-0.39, 0.29) is 0 Å². The highest BCUT2D eigenvalue weighted by molar-refractivity contribution is 7.99. The van der Waals surface area contributed by atoms with Crippen LogP contribution in [0.1, 0.15) is 0 Å². The van der Waals surface area contributed by atoms with E-state index in [9.17, 15) is 0 Å². The van der Waals surface area contributed by atoms with Gasteiger partial charge in [0, 0.05) is 21.1 Å². The number of aryl methyl sites for hydroxylation is 2. The molecule has 0 unspecified atom stereocenters. The zero-order valence-corrected chi connectivity index (χ0v) is 14.5. The number of hydrogen-bond acceptors (Lipinski definition) is 10. The van der Waals surface area contributed by atoms with Gasteiger partial charge in [-0.1, -0.05) is 17.2 Å². The molecular formula is C13H13N11S. The quantitative estimate of drug-likeness (QED) is 0.515. The first kappa shape index (κ1) is 15.4. The van der Waals surface area contributed by atoms with Crippen LogP contribution < -0.4 is 4.90 Å². The number of nitrogens with zero attached hydrogens (tertiary/aromatic N) is 11. The summed E-state index contributed by atoms with van der Waals surface area (Å²) in [5.41, 5.74) is 1.56. The Labute approximate surface area is 146 Å². The van der Waals surface area contributed by atoms with Gasteiger partial charge in [-0.3, -0.25) is 4.90 Å². The maximum absolute atomic E-state index is 4.74. The Morgan fingerprint density at radius 2 is 1.60 bits per heavy atom. The van der Waals surface area contributed by atoms with E-state index in [1.54, 1.807) is 28.4 Å². The van der Waals surface area contributed by atoms with Crippen molar-refractivity contribution in [2.45, 2.75) is 10.2 Å². The predicted molar refractivity (Wildman–Crippen MR) is 89.3 cm³/mol. The molecule has 0 aliphatic rings. The van der Waals surface area contributed by atoms with E-state index in [0.717, 1.165) is 11.0 Å². The van der Waals surface area contributed by atoms with Crippen LogP contribution in [-0.4, -0.2) is 57.4 Å². The van der Waals surface area contributed by atoms with Crippen LogP contribution in [0.15, 0.2) is 34.4 Å². The van der Waals surface area contributed by atoms with E-state index in [1.807, 2.05) is 31.3 Å². The zero-order chi connectivity index (χ0) is 17.4. The average Bonchev–Trinajstić information content (AvgIpc) is 3.22. The maximum Gasteiger partial charge on any atom is 0.250 e. The monoisotopic (exact) mass is 355 g/mol. The van der Waals surface area contributed by atoms with Crippen molar-refractivity contribution in [2.75, 3.05) is 11.9 Å². The molecule has 0 fully saturated rings. The molecule has 3 heterocycles. The molecule has 126 valence electrons. The van der Waals surface area contributed by atoms with Crippen LogP contribution in [0.25, 0.3) is 11.0 Å². The van der Waals surface area contributed by atoms with Crippen molar-refractivity contribution in [1.82, 2.24) is 50.4 Å². The first-order chi connectivity index (χ1) is 12.1. The van der Waals surface area contributed by atoms with Gasteiger partial charge in [-0.2, -0.15) is 0 Å². The lowest BCUT2D eigenvalue weighted by atomic mass is 10.3. The minimum absolute atomic E-state index is 0.544. The highest BCUT2D eigenvalue weighted by Crippen LogP contribution is 2.34. The first-order valence-corrected chi connectivity index (χ1v) is 8.08. The normalized spacial score (nSPS) is 11.2. The standard InChI is InChI=1S/C13H13N11S/c1-22(12-16-18-20-23(12)2)10-11(25-13-17-19-21-24(13)3)15-9-7-5-4-6-8(9)14-10/h4-7H,1-3H3. The molecule has 4 aromatic rings. The van der Waals surface area contributed by atoms with E-state index in [2.05, 4.69) is 31.1 Å². The van der Waals surface area contributed by atoms with Gasteiger partial charge in [0.25, 0.3) is 5.95 Å². The fraction of sp³-hybridized carbons (Fsp3) is 0.231. The van der Waals surface area contributed by atoms with Gasteiger partial charge in [0.2, 0.25) is 5.16 Å². The van der Waals surface area contributed by atoms with Gasteiger partial charge in [0.15, 0.2) is 5.82 Å². The van der Waals surface area contributed by atoms with Crippen LogP contribution in [0.4, 0.5) is 11.8 Å². The largest absolute Gasteiger partial charge is 0.295 e. The number of fused-ring (bicyclic) bond motifs is 1. The van der Waals surface area contributed by atoms with Gasteiger partial charge in [-0.25, -0.2) is 19.3 Å². The van der Waals surface area contributed by atoms with Gasteiger partial charge >= 0.3 is 0 Å². The lowest BCUT2D eigenvalue weighted by Gasteiger charge is -2.18. The van der Waals surface area contributed by atoms with Gasteiger partial charge in [0.1, 0.15) is 5.03 Å². The Morgan fingerprint density at radius 3 is 2.24 bits per heavy atom. The third-order valence-electron chi connectivity index (χ3n) is 3.51. The number of hydrogen-bond donors (Lipinski definition) is 0. The summed E-state index contributed by atoms with van der Waals surface area (Å²) >= 11 is 1.33. The van der Waals surface area contributed by atoms with E-state index in [0.29, 0.717) is 21.9 Å². The third kappa shape index (κ3) is 2.76. The number of para-hydroxylation sites is 2. The molecule has 0 radical (unpaired) electrons. The number of rotatable bonds is 4. The Morgan fingerprint density at radius 1 is 0.920 bits per heavy atom. The second-order valence-corrected chi connectivity index (χ2v) is 6.15. The molecule has 0 spiro atoms. The van der Waals surface area contributed by atoms with Crippen LogP contribution in [0.2, 0.25) is 0 Å². The van der Waals surface area contributed by atoms with E-state index >= 15 is 0 Å². The SMILES string of the molecule is CN(c1nc2ccccc2nc1Sc1nnnn1C)c1nnnn1C. The Hall–Kier alpha value is -3.15. The molecule has 1 aromatic carbocycles. The molecule has 0 saturated carbocycles. The Balaban J connectivity index is 1.86. The Kier molecular flexibility index (Phi) is 3.72. The first-order valence-electron chi connectivity index (χ1n) is 7.26. The third-order valence-corrected chi connectivity index (χ3v) is 4.50. The van der Waals surface area contributed by atoms with Crippen LogP contribution in [-0.2, 0) is 14.1 Å². The van der Waals surface area contributed by atoms with Crippen LogP contribution in [0, 0.1) is 0 Å². The molecule has 3 aromatic heterocycles. The maximum atomic E-state index is 4.74. The molecule has 0 amide bonds. The van der Waals surface area contributed by atoms with Crippen LogP contribution in [0.3, 0.4) is 0 Å². The molecule has 0 saturated heterocycles. The number of anilines is 2. The fourth-order valence-corrected chi connectivity index (χ4v) is 3.10. The summed E-state index contributed by atoms with van der Waals surface area (Å²) in [6.45, 7) is 0. The molecule has 12 heteroatoms. The minimum atomic E-state index is 0.544. The molecule has 0 N–H and O–H groups in total. The van der Waals surface area contributed by atoms with Crippen molar-refractivity contribution in [1.29, 1.82) is 0 Å². The van der Waals surface area contributed by atoms with Crippen molar-refractivity contribution >= 4 is 34.6 Å². The molecule has 0 atom stereocenters. The summed E-state index contributed by atoms with van der Waals surface area (Å²) < 4.78 is 3.14. The number of tetrazole rings is 2. The summed E-state index contributed by atoms with van der Waals surface area (Å²) in [7, 11) is 5.37. The van der Waals surface area contributed by atoms with E-state index in [1.165, 1.54) is 11.8 Å². The summed E-state index contributed by atoms with van der Waals surface area (Å²) in [5.74, 6) is 1.16. The molecule has 0 bridgehead atoms. The summed E-state index contributed by atoms with van der Waals surface area (Å²) in [6, 6.07) is 7.66. The van der Waals surface area contributed by atoms with Crippen LogP contribution >= 0.6 is 11.8 Å². The summed E-state index contributed by atoms with van der Waals surface area (Å²) in [6.07, 6.45) is 0. The molecular weight excluding hydrogens is 342 g/mol. The summed E-state index contributed by atoms with van der Waals surface area (Å²) in [5, 5.41) is 24.4. The smallest absolute Gasteiger partial charge is 0.250 e. The number of aromatic nitrogens is 10. The molecule has 0 aliphatic carbocycles. The highest BCUT2D eigenvalue weighted by atomic mass is 32.2. The van der Waals surface area contributed by atoms with Crippen molar-refractivity contribution in [2.24, 2.45) is 14.1 Å². The fourth-order valence-electron chi connectivity index (χ4n) is 2.26. The average molecular weight is 355 g/mol. The van der Waals surface area contributed by atoms with E-state index in [4.69, 9.17) is 9.97 Å². The van der Waals surface area contributed by atoms with Gasteiger partial charge in [-0.15, -0.1) is 5.10 Å². The lowest BCUT2D eigenvalue weighted by molar-refractivity contribution is 0.664. The second-order valence-electron chi connectivity index (χ2n) is 5.19. The van der Waals surface area contributed by atoms with Gasteiger partial charge in [-0.05, 0) is 44.7 Å². The molecule has 0 aliphatic heterocycles. The van der Waals surface area contributed by atoms with Crippen molar-refractivity contribution < 1.29 is 0 Å². The van der Waals surface area contributed by atoms with E-state index < -0.39 is 0 Å². The topological polar surface area (TPSA) is 116 Å². The summed E-state index contributed by atoms with van der Waals surface area (Å²) in [4.78, 5) is 11.2. The van der Waals surface area contributed by atoms with Crippen molar-refractivity contribution in [3.8, 4) is 0 Å². The van der Waals surface area contributed by atoms with Crippen molar-refractivity contribution in [3.63, 3.8) is 0 Å². The second kappa shape index (κ2) is 6.05. The Bertz CT molecular complexity index is 1040. The molecule has 4 rings (SSSR count). The lowest BCUT2D eigenvalue weighted by Crippen LogP contribution is -2.17. The number of benzene rings is 1. The van der Waals surface area contributed by atoms with Crippen molar-refractivity contribution in [3.05, 3.63) is 24.3 Å². The highest BCUT2D eigenvalue weighted by Gasteiger charge is 2.20. The zero-order valence-electron chi connectivity index (χ0n) is 13.6. The predicted octanol–water partition coefficient (Wildman–Crippen LogP) is 0.596. The minimum Gasteiger partial charge on any atom is -0.295 e. The molecule has 25 heavy (non-hydrogen) atoms. The van der Waals surface area contributed by atoms with Crippen LogP contribution in [0.5, 0.6) is 0 Å².